The van der Waals surface area contributed by atoms with Gasteiger partial charge in [0.05, 0.1) is 11.4 Å². The predicted molar refractivity (Wildman–Crippen MR) is 115 cm³/mol. The van der Waals surface area contributed by atoms with Gasteiger partial charge >= 0.3 is 0 Å². The molecule has 2 aromatic rings. The molecule has 0 spiro atoms. The Labute approximate surface area is 173 Å². The molecule has 1 heterocycles. The molecule has 1 N–H and O–H groups in total. The average molecular weight is 423 g/mol. The summed E-state index contributed by atoms with van der Waals surface area (Å²) in [6.45, 7) is 0.826. The Balaban J connectivity index is 0.00000225. The second kappa shape index (κ2) is 9.16. The van der Waals surface area contributed by atoms with Crippen LogP contribution >= 0.6 is 12.4 Å². The largest absolute Gasteiger partial charge is 0.470 e. The Morgan fingerprint density at radius 1 is 1.00 bits per heavy atom. The van der Waals surface area contributed by atoms with Crippen LogP contribution in [-0.4, -0.2) is 26.4 Å². The van der Waals surface area contributed by atoms with E-state index in [9.17, 15) is 8.42 Å². The fourth-order valence-electron chi connectivity index (χ4n) is 3.94. The second-order valence-electron chi connectivity index (χ2n) is 7.24. The Morgan fingerprint density at radius 3 is 2.43 bits per heavy atom. The van der Waals surface area contributed by atoms with E-state index in [0.29, 0.717) is 29.6 Å². The van der Waals surface area contributed by atoms with Crippen LogP contribution in [0.25, 0.3) is 0 Å². The highest BCUT2D eigenvalue weighted by molar-refractivity contribution is 7.93. The van der Waals surface area contributed by atoms with Gasteiger partial charge in [0.25, 0.3) is 10.0 Å². The summed E-state index contributed by atoms with van der Waals surface area (Å²) < 4.78 is 34.0. The highest BCUT2D eigenvalue weighted by Crippen LogP contribution is 2.42. The van der Waals surface area contributed by atoms with Crippen molar-refractivity contribution in [3.63, 3.8) is 0 Å². The summed E-state index contributed by atoms with van der Waals surface area (Å²) in [5.74, 6) is 0.616. The Bertz CT molecular complexity index is 870. The zero-order valence-corrected chi connectivity index (χ0v) is 17.4. The third-order valence-corrected chi connectivity index (χ3v) is 7.24. The third kappa shape index (κ3) is 4.29. The van der Waals surface area contributed by atoms with Gasteiger partial charge in [-0.2, -0.15) is 0 Å². The number of rotatable bonds is 6. The molecule has 0 bridgehead atoms. The number of para-hydroxylation sites is 3. The third-order valence-electron chi connectivity index (χ3n) is 5.32. The Kier molecular flexibility index (Phi) is 6.86. The van der Waals surface area contributed by atoms with Gasteiger partial charge in [-0.25, -0.2) is 12.7 Å². The molecule has 1 aliphatic heterocycles. The summed E-state index contributed by atoms with van der Waals surface area (Å²) in [5, 5.41) is 3.55. The summed E-state index contributed by atoms with van der Waals surface area (Å²) in [5.41, 5.74) is 0.351. The predicted octanol–water partition coefficient (Wildman–Crippen LogP) is 4.61. The Hall–Kier alpha value is -1.76. The van der Waals surface area contributed by atoms with Crippen LogP contribution in [0, 0.1) is 0 Å². The normalized spacial score (nSPS) is 20.9. The van der Waals surface area contributed by atoms with Gasteiger partial charge in [0.2, 0.25) is 5.44 Å². The first-order valence-corrected chi connectivity index (χ1v) is 11.2. The number of fused-ring (bicyclic) bond motifs is 1. The van der Waals surface area contributed by atoms with Crippen LogP contribution in [0.3, 0.4) is 0 Å². The van der Waals surface area contributed by atoms with Crippen LogP contribution in [0.1, 0.15) is 38.5 Å². The molecule has 5 nitrogen and oxygen atoms in total. The number of nitrogens with zero attached hydrogens (tertiary/aromatic N) is 1. The fourth-order valence-corrected chi connectivity index (χ4v) is 5.71. The number of hydrogen-bond acceptors (Lipinski definition) is 4. The van der Waals surface area contributed by atoms with Gasteiger partial charge in [-0.15, -0.1) is 12.4 Å². The lowest BCUT2D eigenvalue weighted by Crippen LogP contribution is -2.43. The van der Waals surface area contributed by atoms with E-state index in [1.807, 2.05) is 48.5 Å². The van der Waals surface area contributed by atoms with Crippen molar-refractivity contribution in [1.82, 2.24) is 5.32 Å². The first kappa shape index (κ1) is 21.0. The number of benzene rings is 2. The van der Waals surface area contributed by atoms with Crippen molar-refractivity contribution in [3.8, 4) is 5.75 Å². The number of hydrogen-bond donors (Lipinski definition) is 1. The minimum absolute atomic E-state index is 0. The van der Waals surface area contributed by atoms with E-state index < -0.39 is 15.5 Å². The molecule has 0 amide bonds. The van der Waals surface area contributed by atoms with Crippen LogP contribution < -0.4 is 14.4 Å². The van der Waals surface area contributed by atoms with Crippen LogP contribution in [0.2, 0.25) is 0 Å². The number of sulfonamides is 1. The van der Waals surface area contributed by atoms with Crippen molar-refractivity contribution in [2.75, 3.05) is 10.8 Å². The van der Waals surface area contributed by atoms with Crippen molar-refractivity contribution in [1.29, 1.82) is 0 Å². The van der Waals surface area contributed by atoms with Crippen molar-refractivity contribution < 1.29 is 13.2 Å². The van der Waals surface area contributed by atoms with Crippen molar-refractivity contribution in [3.05, 3.63) is 54.6 Å². The van der Waals surface area contributed by atoms with Gasteiger partial charge in [-0.05, 0) is 50.1 Å². The summed E-state index contributed by atoms with van der Waals surface area (Å²) in [7, 11) is -3.65. The minimum atomic E-state index is -3.65. The highest BCUT2D eigenvalue weighted by atomic mass is 35.5. The zero-order chi connectivity index (χ0) is 18.7. The topological polar surface area (TPSA) is 58.6 Å². The SMILES string of the molecule is Cl.O=S1(=O)C(CCCNC2CCCC2)Oc2ccccc2N1c1ccccc1. The molecular weight excluding hydrogens is 396 g/mol. The van der Waals surface area contributed by atoms with Gasteiger partial charge in [0.15, 0.2) is 0 Å². The molecule has 2 aliphatic rings. The molecule has 28 heavy (non-hydrogen) atoms. The summed E-state index contributed by atoms with van der Waals surface area (Å²) in [6, 6.07) is 17.1. The number of halogens is 1. The molecule has 7 heteroatoms. The summed E-state index contributed by atoms with van der Waals surface area (Å²) in [6.07, 6.45) is 6.28. The molecular formula is C21H27ClN2O3S. The molecule has 0 saturated heterocycles. The van der Waals surface area contributed by atoms with Crippen LogP contribution in [-0.2, 0) is 10.0 Å². The zero-order valence-electron chi connectivity index (χ0n) is 15.8. The molecule has 1 unspecified atom stereocenters. The maximum Gasteiger partial charge on any atom is 0.277 e. The molecule has 152 valence electrons. The van der Waals surface area contributed by atoms with Crippen LogP contribution in [0.5, 0.6) is 5.75 Å². The van der Waals surface area contributed by atoms with E-state index in [1.165, 1.54) is 30.0 Å². The lowest BCUT2D eigenvalue weighted by atomic mass is 10.2. The van der Waals surface area contributed by atoms with Gasteiger partial charge in [0, 0.05) is 12.5 Å². The van der Waals surface area contributed by atoms with E-state index >= 15 is 0 Å². The molecule has 0 aromatic heterocycles. The minimum Gasteiger partial charge on any atom is -0.470 e. The fraction of sp³-hybridized carbons (Fsp3) is 0.429. The molecule has 1 aliphatic carbocycles. The van der Waals surface area contributed by atoms with E-state index in [2.05, 4.69) is 5.32 Å². The first-order valence-electron chi connectivity index (χ1n) is 9.74. The molecule has 4 rings (SSSR count). The molecule has 1 saturated carbocycles. The maximum atomic E-state index is 13.3. The molecule has 1 fully saturated rings. The van der Waals surface area contributed by atoms with Gasteiger partial charge in [-0.3, -0.25) is 0 Å². The van der Waals surface area contributed by atoms with Crippen molar-refractivity contribution in [2.24, 2.45) is 0 Å². The first-order chi connectivity index (χ1) is 13.2. The smallest absolute Gasteiger partial charge is 0.277 e. The number of anilines is 2. The van der Waals surface area contributed by atoms with Gasteiger partial charge in [0.1, 0.15) is 5.75 Å². The standard InChI is InChI=1S/C21H26N2O3S.ClH/c24-27(25)21(15-8-16-22-17-9-4-5-10-17)26-20-14-7-6-13-19(20)23(27)18-11-2-1-3-12-18;/h1-3,6-7,11-14,17,21-22H,4-5,8-10,15-16H2;1H. The average Bonchev–Trinajstić information content (AvgIpc) is 3.19. The maximum absolute atomic E-state index is 13.3. The monoisotopic (exact) mass is 422 g/mol. The molecule has 0 radical (unpaired) electrons. The summed E-state index contributed by atoms with van der Waals surface area (Å²) in [4.78, 5) is 0. The van der Waals surface area contributed by atoms with E-state index in [-0.39, 0.29) is 12.4 Å². The van der Waals surface area contributed by atoms with Gasteiger partial charge in [-0.1, -0.05) is 43.2 Å². The summed E-state index contributed by atoms with van der Waals surface area (Å²) >= 11 is 0. The quantitative estimate of drug-likeness (QED) is 0.691. The number of nitrogens with one attached hydrogen (secondary N) is 1. The van der Waals surface area contributed by atoms with Crippen LogP contribution in [0.4, 0.5) is 11.4 Å². The molecule has 1 atom stereocenters. The number of ether oxygens (including phenoxy) is 1. The van der Waals surface area contributed by atoms with Crippen molar-refractivity contribution in [2.45, 2.75) is 50.0 Å². The van der Waals surface area contributed by atoms with E-state index in [0.717, 1.165) is 13.0 Å². The second-order valence-corrected chi connectivity index (χ2v) is 9.16. The lowest BCUT2D eigenvalue weighted by Gasteiger charge is -2.35. The highest BCUT2D eigenvalue weighted by Gasteiger charge is 2.40. The Morgan fingerprint density at radius 2 is 1.68 bits per heavy atom. The lowest BCUT2D eigenvalue weighted by molar-refractivity contribution is 0.253. The van der Waals surface area contributed by atoms with Crippen LogP contribution in [0.15, 0.2) is 54.6 Å². The van der Waals surface area contributed by atoms with Gasteiger partial charge < -0.3 is 10.1 Å². The van der Waals surface area contributed by atoms with Crippen molar-refractivity contribution >= 4 is 33.8 Å². The molecule has 2 aromatic carbocycles. The van der Waals surface area contributed by atoms with E-state index in [4.69, 9.17) is 4.74 Å². The van der Waals surface area contributed by atoms with E-state index in [1.54, 1.807) is 6.07 Å².